The van der Waals surface area contributed by atoms with Gasteiger partial charge in [0.05, 0.1) is 33.8 Å². The molecule has 0 saturated carbocycles. The molecule has 0 aromatic rings. The molecule has 0 aliphatic carbocycles. The topological polar surface area (TPSA) is 114 Å². The van der Waals surface area contributed by atoms with Crippen molar-refractivity contribution in [2.75, 3.05) is 40.9 Å². The maximum absolute atomic E-state index is 13.5. The molecule has 0 radical (unpaired) electrons. The van der Waals surface area contributed by atoms with E-state index in [1.165, 1.54) is 77.0 Å². The van der Waals surface area contributed by atoms with Crippen LogP contribution in [0, 0.1) is 0 Å². The number of allylic oxidation sites excluding steroid dienone is 19. The van der Waals surface area contributed by atoms with Gasteiger partial charge in [0.15, 0.2) is 0 Å². The Labute approximate surface area is 480 Å². The summed E-state index contributed by atoms with van der Waals surface area (Å²) in [4.78, 5) is 40.0. The summed E-state index contributed by atoms with van der Waals surface area (Å²) in [6, 6.07) is -0.922. The first kappa shape index (κ1) is 74.4. The Bertz CT molecular complexity index is 1750. The molecule has 9 nitrogen and oxygen atoms in total. The number of nitrogens with zero attached hydrogens (tertiary/aromatic N) is 1. The Morgan fingerprint density at radius 2 is 0.821 bits per heavy atom. The molecule has 0 aromatic carbocycles. The second-order valence-electron chi connectivity index (χ2n) is 21.8. The molecule has 0 fully saturated rings. The summed E-state index contributed by atoms with van der Waals surface area (Å²) in [5.74, 6) is -0.607. The summed E-state index contributed by atoms with van der Waals surface area (Å²) in [7, 11) is 1.13. The van der Waals surface area contributed by atoms with E-state index in [0.29, 0.717) is 23.9 Å². The summed E-state index contributed by atoms with van der Waals surface area (Å²) < 4.78 is 30.3. The van der Waals surface area contributed by atoms with Crippen LogP contribution in [0.2, 0.25) is 0 Å². The van der Waals surface area contributed by atoms with Gasteiger partial charge in [-0.2, -0.15) is 0 Å². The number of rotatable bonds is 55. The first-order chi connectivity index (χ1) is 37.9. The fourth-order valence-electron chi connectivity index (χ4n) is 8.30. The molecule has 78 heavy (non-hydrogen) atoms. The summed E-state index contributed by atoms with van der Waals surface area (Å²) in [5, 5.41) is 3.00. The molecule has 1 N–H and O–H groups in total. The van der Waals surface area contributed by atoms with Crippen molar-refractivity contribution < 1.29 is 37.3 Å². The number of quaternary nitrogens is 1. The van der Waals surface area contributed by atoms with Crippen LogP contribution in [-0.4, -0.2) is 69.4 Å². The van der Waals surface area contributed by atoms with E-state index >= 15 is 0 Å². The van der Waals surface area contributed by atoms with Gasteiger partial charge in [0.1, 0.15) is 19.3 Å². The van der Waals surface area contributed by atoms with Crippen molar-refractivity contribution in [1.82, 2.24) is 5.32 Å². The van der Waals surface area contributed by atoms with Gasteiger partial charge in [-0.05, 0) is 122 Å². The SMILES string of the molecule is CC/C=C\C/C=C\C/C=C\C/C=C\C/C=C\CCCCCCCC(=O)OC(/C=C/CCCCCCCCCCCC)C(COP(=O)([O-])OCC[N+](C)(C)C)NC(=O)CCCCC/C=C\C/C=C\C/C=C\C/C=C\CCCCC. The predicted octanol–water partition coefficient (Wildman–Crippen LogP) is 18.9. The van der Waals surface area contributed by atoms with Gasteiger partial charge in [-0.1, -0.05) is 233 Å². The Morgan fingerprint density at radius 3 is 1.27 bits per heavy atom. The second-order valence-corrected chi connectivity index (χ2v) is 23.2. The standard InChI is InChI=1S/C68H117N2O7P/c1-7-10-13-16-19-22-25-28-30-32-34-35-37-39-41-43-46-49-52-55-58-61-68(72)77-66(59-56-53-50-47-44-27-24-21-18-15-12-9-3)65(64-76-78(73,74)75-63-62-70(4,5)6)69-67(71)60-57-54-51-48-45-42-40-38-36-33-31-29-26-23-20-17-14-11-8-2/h10,13,19-20,22-23,28-31,34-36,38-39,41-42,45,56,59,65-66H,7-9,11-12,14-18,21,24-27,32-33,37,40,43-44,46-55,57-58,60-64H2,1-6H3,(H-,69,71,73,74)/b13-10-,22-19-,23-20-,30-28-,31-29-,35-34-,38-36-,41-39-,45-42-,59-56+. The minimum absolute atomic E-state index is 0.0388. The molecule has 0 rings (SSSR count). The third-order valence-electron chi connectivity index (χ3n) is 13.1. The number of phosphoric acid groups is 1. The minimum Gasteiger partial charge on any atom is -0.756 e. The van der Waals surface area contributed by atoms with E-state index in [9.17, 15) is 19.0 Å². The Balaban J connectivity index is 5.36. The number of carbonyl (C=O) groups excluding carboxylic acids is 2. The zero-order valence-corrected chi connectivity index (χ0v) is 51.7. The third kappa shape index (κ3) is 57.1. The van der Waals surface area contributed by atoms with Crippen molar-refractivity contribution >= 4 is 19.7 Å². The fourth-order valence-corrected chi connectivity index (χ4v) is 9.02. The Kier molecular flexibility index (Phi) is 54.1. The van der Waals surface area contributed by atoms with Crippen molar-refractivity contribution in [3.05, 3.63) is 122 Å². The first-order valence-electron chi connectivity index (χ1n) is 31.3. The quantitative estimate of drug-likeness (QED) is 0.0212. The van der Waals surface area contributed by atoms with E-state index in [4.69, 9.17) is 13.8 Å². The highest BCUT2D eigenvalue weighted by molar-refractivity contribution is 7.45. The highest BCUT2D eigenvalue weighted by Gasteiger charge is 2.27. The molecule has 0 aromatic heterocycles. The van der Waals surface area contributed by atoms with Gasteiger partial charge < -0.3 is 28.5 Å². The molecule has 0 saturated heterocycles. The maximum Gasteiger partial charge on any atom is 0.306 e. The van der Waals surface area contributed by atoms with E-state index in [-0.39, 0.29) is 31.3 Å². The summed E-state index contributed by atoms with van der Waals surface area (Å²) in [6.45, 7) is 6.65. The number of esters is 1. The van der Waals surface area contributed by atoms with Crippen molar-refractivity contribution in [3.63, 3.8) is 0 Å². The van der Waals surface area contributed by atoms with Gasteiger partial charge in [0, 0.05) is 12.8 Å². The van der Waals surface area contributed by atoms with Gasteiger partial charge in [0.2, 0.25) is 5.91 Å². The van der Waals surface area contributed by atoms with Crippen LogP contribution in [0.5, 0.6) is 0 Å². The number of nitrogens with one attached hydrogen (secondary N) is 1. The van der Waals surface area contributed by atoms with Crippen LogP contribution in [0.3, 0.4) is 0 Å². The van der Waals surface area contributed by atoms with Crippen LogP contribution in [0.1, 0.15) is 245 Å². The maximum atomic E-state index is 13.5. The lowest BCUT2D eigenvalue weighted by atomic mass is 10.1. The first-order valence-corrected chi connectivity index (χ1v) is 32.8. The lowest BCUT2D eigenvalue weighted by molar-refractivity contribution is -0.870. The molecule has 446 valence electrons. The number of amides is 1. The average Bonchev–Trinajstić information content (AvgIpc) is 3.40. The van der Waals surface area contributed by atoms with E-state index in [1.807, 2.05) is 33.3 Å². The fraction of sp³-hybridized carbons (Fsp3) is 0.676. The number of carbonyl (C=O) groups is 2. The lowest BCUT2D eigenvalue weighted by Crippen LogP contribution is -2.47. The summed E-state index contributed by atoms with van der Waals surface area (Å²) in [6.07, 6.45) is 78.8. The molecular weight excluding hydrogens is 988 g/mol. The van der Waals surface area contributed by atoms with E-state index in [0.717, 1.165) is 122 Å². The minimum atomic E-state index is -4.72. The number of hydrogen-bond acceptors (Lipinski definition) is 7. The Morgan fingerprint density at radius 1 is 0.462 bits per heavy atom. The van der Waals surface area contributed by atoms with E-state index in [2.05, 4.69) is 135 Å². The second kappa shape index (κ2) is 56.7. The van der Waals surface area contributed by atoms with Crippen molar-refractivity contribution in [2.24, 2.45) is 0 Å². The molecule has 3 unspecified atom stereocenters. The molecule has 10 heteroatoms. The zero-order chi connectivity index (χ0) is 57.2. The van der Waals surface area contributed by atoms with Gasteiger partial charge in [-0.15, -0.1) is 0 Å². The molecule has 0 bridgehead atoms. The number of likely N-dealkylation sites (N-methyl/N-ethyl adjacent to an activating group) is 1. The van der Waals surface area contributed by atoms with Gasteiger partial charge in [0.25, 0.3) is 7.82 Å². The van der Waals surface area contributed by atoms with Crippen LogP contribution in [-0.2, 0) is 27.9 Å². The van der Waals surface area contributed by atoms with Crippen LogP contribution in [0.4, 0.5) is 0 Å². The van der Waals surface area contributed by atoms with Gasteiger partial charge in [-0.3, -0.25) is 14.2 Å². The van der Waals surface area contributed by atoms with E-state index < -0.39 is 26.6 Å². The molecule has 1 amide bonds. The van der Waals surface area contributed by atoms with Crippen molar-refractivity contribution in [1.29, 1.82) is 0 Å². The highest BCUT2D eigenvalue weighted by Crippen LogP contribution is 2.38. The van der Waals surface area contributed by atoms with E-state index in [1.54, 1.807) is 0 Å². The van der Waals surface area contributed by atoms with Crippen molar-refractivity contribution in [2.45, 2.75) is 258 Å². The lowest BCUT2D eigenvalue weighted by Gasteiger charge is -2.30. The highest BCUT2D eigenvalue weighted by atomic mass is 31.2. The summed E-state index contributed by atoms with van der Waals surface area (Å²) >= 11 is 0. The largest absolute Gasteiger partial charge is 0.756 e. The smallest absolute Gasteiger partial charge is 0.306 e. The van der Waals surface area contributed by atoms with Crippen molar-refractivity contribution in [3.8, 4) is 0 Å². The molecule has 0 aliphatic rings. The normalized spacial score (nSPS) is 14.5. The number of hydrogen-bond donors (Lipinski definition) is 1. The van der Waals surface area contributed by atoms with Crippen LogP contribution in [0.25, 0.3) is 0 Å². The predicted molar refractivity (Wildman–Crippen MR) is 334 cm³/mol. The monoisotopic (exact) mass is 1100 g/mol. The number of unbranched alkanes of at least 4 members (excludes halogenated alkanes) is 21. The van der Waals surface area contributed by atoms with Crippen LogP contribution >= 0.6 is 7.82 Å². The van der Waals surface area contributed by atoms with Gasteiger partial charge in [-0.25, -0.2) is 0 Å². The average molecular weight is 1110 g/mol. The van der Waals surface area contributed by atoms with Gasteiger partial charge >= 0.3 is 5.97 Å². The molecule has 0 aliphatic heterocycles. The molecule has 0 heterocycles. The zero-order valence-electron chi connectivity index (χ0n) is 50.8. The third-order valence-corrected chi connectivity index (χ3v) is 14.1. The molecular formula is C68H117N2O7P. The van der Waals surface area contributed by atoms with Crippen LogP contribution in [0.15, 0.2) is 122 Å². The summed E-state index contributed by atoms with van der Waals surface area (Å²) in [5.41, 5.74) is 0. The molecule has 3 atom stereocenters. The molecule has 0 spiro atoms. The van der Waals surface area contributed by atoms with Crippen LogP contribution < -0.4 is 10.2 Å². The number of phosphoric ester groups is 1. The number of ether oxygens (including phenoxy) is 1. The Hall–Kier alpha value is -3.59.